The molecular formula is C11H10BrNO3. The number of hydrogen-bond acceptors (Lipinski definition) is 3. The standard InChI is InChI=1S/C11H10BrNO3/c1-6(14)5-11(16)8-4-7(12)2-3-9(8)13-10(11)15/h2-4,16H,5H2,1H3,(H,13,15). The van der Waals surface area contributed by atoms with Crippen LogP contribution < -0.4 is 5.32 Å². The van der Waals surface area contributed by atoms with Crippen LogP contribution in [0.25, 0.3) is 0 Å². The average Bonchev–Trinajstić information content (AvgIpc) is 2.40. The van der Waals surface area contributed by atoms with Crippen LogP contribution in [-0.2, 0) is 15.2 Å². The maximum absolute atomic E-state index is 11.7. The van der Waals surface area contributed by atoms with Gasteiger partial charge in [0.15, 0.2) is 5.60 Å². The molecule has 1 atom stereocenters. The third-order valence-corrected chi connectivity index (χ3v) is 3.05. The minimum Gasteiger partial charge on any atom is -0.375 e. The lowest BCUT2D eigenvalue weighted by Gasteiger charge is -2.19. The Morgan fingerprint density at radius 1 is 1.56 bits per heavy atom. The van der Waals surface area contributed by atoms with Crippen LogP contribution in [-0.4, -0.2) is 16.8 Å². The number of carbonyl (C=O) groups excluding carboxylic acids is 2. The summed E-state index contributed by atoms with van der Waals surface area (Å²) in [7, 11) is 0. The topological polar surface area (TPSA) is 66.4 Å². The van der Waals surface area contributed by atoms with Crippen LogP contribution in [0.1, 0.15) is 18.9 Å². The van der Waals surface area contributed by atoms with Gasteiger partial charge < -0.3 is 10.4 Å². The third kappa shape index (κ3) is 1.66. The van der Waals surface area contributed by atoms with E-state index in [1.165, 1.54) is 6.92 Å². The Morgan fingerprint density at radius 3 is 2.88 bits per heavy atom. The molecule has 1 aliphatic heterocycles. The fourth-order valence-electron chi connectivity index (χ4n) is 1.85. The minimum atomic E-state index is -1.73. The van der Waals surface area contributed by atoms with Gasteiger partial charge in [-0.2, -0.15) is 0 Å². The monoisotopic (exact) mass is 283 g/mol. The molecule has 1 aromatic rings. The van der Waals surface area contributed by atoms with E-state index in [-0.39, 0.29) is 12.2 Å². The van der Waals surface area contributed by atoms with Gasteiger partial charge in [-0.25, -0.2) is 0 Å². The Bertz CT molecular complexity index is 486. The molecule has 0 spiro atoms. The van der Waals surface area contributed by atoms with E-state index in [1.807, 2.05) is 0 Å². The molecule has 4 nitrogen and oxygen atoms in total. The number of halogens is 1. The van der Waals surface area contributed by atoms with Crippen molar-refractivity contribution in [3.63, 3.8) is 0 Å². The second-order valence-corrected chi connectivity index (χ2v) is 4.80. The number of nitrogens with one attached hydrogen (secondary N) is 1. The van der Waals surface area contributed by atoms with Crippen LogP contribution in [0.15, 0.2) is 22.7 Å². The van der Waals surface area contributed by atoms with E-state index in [0.29, 0.717) is 11.3 Å². The number of benzene rings is 1. The molecule has 0 radical (unpaired) electrons. The Balaban J connectivity index is 2.53. The van der Waals surface area contributed by atoms with Crippen LogP contribution in [0.2, 0.25) is 0 Å². The molecule has 2 N–H and O–H groups in total. The van der Waals surface area contributed by atoms with E-state index < -0.39 is 11.5 Å². The first kappa shape index (κ1) is 11.3. The molecule has 1 aromatic carbocycles. The molecule has 0 bridgehead atoms. The summed E-state index contributed by atoms with van der Waals surface area (Å²) >= 11 is 3.27. The summed E-state index contributed by atoms with van der Waals surface area (Å²) in [6.45, 7) is 1.35. The molecular weight excluding hydrogens is 274 g/mol. The molecule has 1 unspecified atom stereocenters. The Morgan fingerprint density at radius 2 is 2.25 bits per heavy atom. The summed E-state index contributed by atoms with van der Waals surface area (Å²) in [4.78, 5) is 22.8. The highest BCUT2D eigenvalue weighted by molar-refractivity contribution is 9.10. The van der Waals surface area contributed by atoms with Gasteiger partial charge in [0.25, 0.3) is 5.91 Å². The number of hydrogen-bond donors (Lipinski definition) is 2. The molecule has 0 saturated carbocycles. The molecule has 1 amide bonds. The lowest BCUT2D eigenvalue weighted by atomic mass is 9.90. The molecule has 16 heavy (non-hydrogen) atoms. The second kappa shape index (κ2) is 3.68. The number of anilines is 1. The predicted octanol–water partition coefficient (Wildman–Crippen LogP) is 1.57. The van der Waals surface area contributed by atoms with E-state index in [2.05, 4.69) is 21.2 Å². The van der Waals surface area contributed by atoms with Crippen LogP contribution in [0.3, 0.4) is 0 Å². The van der Waals surface area contributed by atoms with Crippen molar-refractivity contribution in [2.75, 3.05) is 5.32 Å². The fraction of sp³-hybridized carbons (Fsp3) is 0.273. The molecule has 5 heteroatoms. The number of rotatable bonds is 2. The van der Waals surface area contributed by atoms with E-state index >= 15 is 0 Å². The van der Waals surface area contributed by atoms with E-state index in [0.717, 1.165) is 4.47 Å². The number of amides is 1. The van der Waals surface area contributed by atoms with Crippen LogP contribution in [0, 0.1) is 0 Å². The molecule has 0 aliphatic carbocycles. The zero-order valence-corrected chi connectivity index (χ0v) is 10.2. The van der Waals surface area contributed by atoms with Crippen molar-refractivity contribution in [2.45, 2.75) is 18.9 Å². The summed E-state index contributed by atoms with van der Waals surface area (Å²) < 4.78 is 0.754. The van der Waals surface area contributed by atoms with Crippen LogP contribution in [0.4, 0.5) is 5.69 Å². The molecule has 0 aromatic heterocycles. The summed E-state index contributed by atoms with van der Waals surface area (Å²) in [5.74, 6) is -0.777. The Labute approximate surface area is 101 Å². The first-order valence-corrected chi connectivity index (χ1v) is 5.56. The number of ketones is 1. The number of carbonyl (C=O) groups is 2. The molecule has 0 saturated heterocycles. The summed E-state index contributed by atoms with van der Waals surface area (Å²) in [5.41, 5.74) is -0.732. The predicted molar refractivity (Wildman–Crippen MR) is 62.0 cm³/mol. The normalized spacial score (nSPS) is 22.8. The van der Waals surface area contributed by atoms with Crippen molar-refractivity contribution >= 4 is 33.3 Å². The summed E-state index contributed by atoms with van der Waals surface area (Å²) in [6, 6.07) is 5.10. The quantitative estimate of drug-likeness (QED) is 0.866. The lowest BCUT2D eigenvalue weighted by Crippen LogP contribution is -2.35. The Hall–Kier alpha value is -1.20. The van der Waals surface area contributed by atoms with Gasteiger partial charge in [0, 0.05) is 22.1 Å². The first-order chi connectivity index (χ1) is 7.43. The van der Waals surface area contributed by atoms with Gasteiger partial charge in [0.1, 0.15) is 5.78 Å². The highest BCUT2D eigenvalue weighted by atomic mass is 79.9. The zero-order chi connectivity index (χ0) is 11.9. The van der Waals surface area contributed by atoms with E-state index in [1.54, 1.807) is 18.2 Å². The lowest BCUT2D eigenvalue weighted by molar-refractivity contribution is -0.139. The van der Waals surface area contributed by atoms with Gasteiger partial charge in [-0.3, -0.25) is 9.59 Å². The highest BCUT2D eigenvalue weighted by Gasteiger charge is 2.46. The van der Waals surface area contributed by atoms with Gasteiger partial charge in [-0.1, -0.05) is 15.9 Å². The smallest absolute Gasteiger partial charge is 0.261 e. The largest absolute Gasteiger partial charge is 0.375 e. The molecule has 84 valence electrons. The molecule has 0 fully saturated rings. The van der Waals surface area contributed by atoms with Crippen molar-refractivity contribution in [2.24, 2.45) is 0 Å². The van der Waals surface area contributed by atoms with Crippen molar-refractivity contribution < 1.29 is 14.7 Å². The minimum absolute atomic E-state index is 0.206. The SMILES string of the molecule is CC(=O)CC1(O)C(=O)Nc2ccc(Br)cc21. The number of fused-ring (bicyclic) bond motifs is 1. The second-order valence-electron chi connectivity index (χ2n) is 3.88. The van der Waals surface area contributed by atoms with Crippen LogP contribution >= 0.6 is 15.9 Å². The van der Waals surface area contributed by atoms with Crippen LogP contribution in [0.5, 0.6) is 0 Å². The van der Waals surface area contributed by atoms with Gasteiger partial charge in [-0.05, 0) is 25.1 Å². The van der Waals surface area contributed by atoms with Crippen molar-refractivity contribution in [1.29, 1.82) is 0 Å². The van der Waals surface area contributed by atoms with Gasteiger partial charge in [0.05, 0.1) is 0 Å². The maximum atomic E-state index is 11.7. The van der Waals surface area contributed by atoms with Gasteiger partial charge in [-0.15, -0.1) is 0 Å². The van der Waals surface area contributed by atoms with Crippen molar-refractivity contribution in [3.8, 4) is 0 Å². The van der Waals surface area contributed by atoms with E-state index in [4.69, 9.17) is 0 Å². The maximum Gasteiger partial charge on any atom is 0.261 e. The fourth-order valence-corrected chi connectivity index (χ4v) is 2.21. The number of Topliss-reactive ketones (excluding diaryl/α,β-unsaturated/α-hetero) is 1. The molecule has 2 rings (SSSR count). The highest BCUT2D eigenvalue weighted by Crippen LogP contribution is 2.39. The van der Waals surface area contributed by atoms with E-state index in [9.17, 15) is 14.7 Å². The summed E-state index contributed by atoms with van der Waals surface area (Å²) in [5, 5.41) is 12.8. The molecule has 1 aliphatic rings. The zero-order valence-electron chi connectivity index (χ0n) is 8.58. The van der Waals surface area contributed by atoms with Gasteiger partial charge >= 0.3 is 0 Å². The van der Waals surface area contributed by atoms with Gasteiger partial charge in [0.2, 0.25) is 0 Å². The first-order valence-electron chi connectivity index (χ1n) is 4.77. The average molecular weight is 284 g/mol. The van der Waals surface area contributed by atoms with Crippen molar-refractivity contribution in [3.05, 3.63) is 28.2 Å². The third-order valence-electron chi connectivity index (χ3n) is 2.56. The molecule has 1 heterocycles. The van der Waals surface area contributed by atoms with Crippen molar-refractivity contribution in [1.82, 2.24) is 0 Å². The Kier molecular flexibility index (Phi) is 2.59. The number of aliphatic hydroxyl groups is 1. The summed E-state index contributed by atoms with van der Waals surface area (Å²) in [6.07, 6.45) is -0.206.